The number of alkyl halides is 2. The fourth-order valence-electron chi connectivity index (χ4n) is 1.54. The molecule has 0 heterocycles. The lowest BCUT2D eigenvalue weighted by atomic mass is 9.92. The lowest BCUT2D eigenvalue weighted by Crippen LogP contribution is -2.44. The third-order valence-electron chi connectivity index (χ3n) is 2.17. The normalized spacial score (nSPS) is 25.4. The predicted octanol–water partition coefficient (Wildman–Crippen LogP) is 0.765. The summed E-state index contributed by atoms with van der Waals surface area (Å²) in [5, 5.41) is 10.3. The van der Waals surface area contributed by atoms with Gasteiger partial charge in [0.2, 0.25) is 5.92 Å². The van der Waals surface area contributed by atoms with Crippen molar-refractivity contribution in [2.24, 2.45) is 0 Å². The lowest BCUT2D eigenvalue weighted by Gasteiger charge is -2.28. The number of amides is 1. The van der Waals surface area contributed by atoms with E-state index in [2.05, 4.69) is 5.32 Å². The van der Waals surface area contributed by atoms with Crippen molar-refractivity contribution in [3.63, 3.8) is 0 Å². The minimum atomic E-state index is -2.78. The van der Waals surface area contributed by atoms with Crippen LogP contribution in [-0.2, 0) is 9.59 Å². The molecule has 2 N–H and O–H groups in total. The Morgan fingerprint density at radius 3 is 2.57 bits per heavy atom. The van der Waals surface area contributed by atoms with Crippen molar-refractivity contribution < 1.29 is 23.5 Å². The molecular formula is C8H11F2NO3. The van der Waals surface area contributed by atoms with Crippen LogP contribution in [0.2, 0.25) is 0 Å². The molecular weight excluding hydrogens is 196 g/mol. The average molecular weight is 207 g/mol. The summed E-state index contributed by atoms with van der Waals surface area (Å²) in [6, 6.07) is -0.720. The molecule has 0 aromatic heterocycles. The Balaban J connectivity index is 2.46. The van der Waals surface area contributed by atoms with Crippen LogP contribution in [0.4, 0.5) is 8.78 Å². The summed E-state index contributed by atoms with van der Waals surface area (Å²) in [4.78, 5) is 20.8. The number of hydrogen-bond donors (Lipinski definition) is 2. The zero-order chi connectivity index (χ0) is 10.8. The smallest absolute Gasteiger partial charge is 0.394 e. The Bertz CT molecular complexity index is 255. The molecule has 1 atom stereocenters. The van der Waals surface area contributed by atoms with E-state index in [1.807, 2.05) is 0 Å². The van der Waals surface area contributed by atoms with Gasteiger partial charge in [0.25, 0.3) is 0 Å². The molecule has 1 fully saturated rings. The molecule has 80 valence electrons. The van der Waals surface area contributed by atoms with E-state index in [-0.39, 0.29) is 6.42 Å². The number of carbonyl (C=O) groups is 2. The van der Waals surface area contributed by atoms with Gasteiger partial charge in [-0.25, -0.2) is 13.6 Å². The van der Waals surface area contributed by atoms with Crippen LogP contribution in [-0.4, -0.2) is 28.9 Å². The Morgan fingerprint density at radius 1 is 1.43 bits per heavy atom. The third kappa shape index (κ3) is 2.93. The average Bonchev–Trinajstić information content (AvgIpc) is 2.01. The molecule has 1 rings (SSSR count). The van der Waals surface area contributed by atoms with Crippen LogP contribution in [0.15, 0.2) is 0 Å². The van der Waals surface area contributed by atoms with Crippen LogP contribution in [0.3, 0.4) is 0 Å². The van der Waals surface area contributed by atoms with Crippen molar-refractivity contribution in [2.75, 3.05) is 0 Å². The third-order valence-corrected chi connectivity index (χ3v) is 2.17. The first-order chi connectivity index (χ1) is 6.41. The highest BCUT2D eigenvalue weighted by Gasteiger charge is 2.37. The van der Waals surface area contributed by atoms with E-state index in [0.29, 0.717) is 12.8 Å². The Morgan fingerprint density at radius 2 is 2.07 bits per heavy atom. The van der Waals surface area contributed by atoms with Gasteiger partial charge in [0, 0.05) is 18.9 Å². The van der Waals surface area contributed by atoms with Crippen LogP contribution < -0.4 is 5.32 Å². The SMILES string of the molecule is O=C(O)C(=O)NC1CCCC(F)(F)C1. The molecule has 0 saturated heterocycles. The highest BCUT2D eigenvalue weighted by molar-refractivity contribution is 6.31. The second-order valence-electron chi connectivity index (χ2n) is 3.43. The summed E-state index contributed by atoms with van der Waals surface area (Å²) in [5.74, 6) is -5.64. The largest absolute Gasteiger partial charge is 0.474 e. The van der Waals surface area contributed by atoms with E-state index >= 15 is 0 Å². The second kappa shape index (κ2) is 3.89. The lowest BCUT2D eigenvalue weighted by molar-refractivity contribution is -0.151. The van der Waals surface area contributed by atoms with E-state index in [9.17, 15) is 18.4 Å². The summed E-state index contributed by atoms with van der Waals surface area (Å²) in [7, 11) is 0. The Hall–Kier alpha value is -1.20. The number of nitrogens with one attached hydrogen (secondary N) is 1. The molecule has 6 heteroatoms. The summed E-state index contributed by atoms with van der Waals surface area (Å²) in [6.45, 7) is 0. The number of carbonyl (C=O) groups excluding carboxylic acids is 1. The van der Waals surface area contributed by atoms with Crippen molar-refractivity contribution in [3.8, 4) is 0 Å². The summed E-state index contributed by atoms with van der Waals surface area (Å²) < 4.78 is 25.6. The van der Waals surface area contributed by atoms with Crippen LogP contribution >= 0.6 is 0 Å². The van der Waals surface area contributed by atoms with Gasteiger partial charge < -0.3 is 10.4 Å². The molecule has 1 aliphatic rings. The van der Waals surface area contributed by atoms with Gasteiger partial charge in [-0.3, -0.25) is 4.79 Å². The zero-order valence-electron chi connectivity index (χ0n) is 7.43. The van der Waals surface area contributed by atoms with Crippen molar-refractivity contribution in [1.29, 1.82) is 0 Å². The monoisotopic (exact) mass is 207 g/mol. The fraction of sp³-hybridized carbons (Fsp3) is 0.750. The second-order valence-corrected chi connectivity index (χ2v) is 3.43. The molecule has 1 saturated carbocycles. The molecule has 0 radical (unpaired) electrons. The topological polar surface area (TPSA) is 66.4 Å². The van der Waals surface area contributed by atoms with Gasteiger partial charge in [0.15, 0.2) is 0 Å². The van der Waals surface area contributed by atoms with Gasteiger partial charge in [-0.1, -0.05) is 0 Å². The van der Waals surface area contributed by atoms with Crippen molar-refractivity contribution in [2.45, 2.75) is 37.6 Å². The predicted molar refractivity (Wildman–Crippen MR) is 43.0 cm³/mol. The molecule has 0 aliphatic heterocycles. The highest BCUT2D eigenvalue weighted by Crippen LogP contribution is 2.32. The van der Waals surface area contributed by atoms with E-state index in [0.717, 1.165) is 0 Å². The number of rotatable bonds is 1. The van der Waals surface area contributed by atoms with Gasteiger partial charge in [-0.2, -0.15) is 0 Å². The summed E-state index contributed by atoms with van der Waals surface area (Å²) in [6.07, 6.45) is 0.0602. The molecule has 14 heavy (non-hydrogen) atoms. The number of carboxylic acids is 1. The fourth-order valence-corrected chi connectivity index (χ4v) is 1.54. The highest BCUT2D eigenvalue weighted by atomic mass is 19.3. The quantitative estimate of drug-likeness (QED) is 0.624. The molecule has 1 aliphatic carbocycles. The van der Waals surface area contributed by atoms with Crippen LogP contribution in [0.25, 0.3) is 0 Å². The number of hydrogen-bond acceptors (Lipinski definition) is 2. The molecule has 1 amide bonds. The van der Waals surface area contributed by atoms with Gasteiger partial charge in [-0.15, -0.1) is 0 Å². The summed E-state index contributed by atoms with van der Waals surface area (Å²) >= 11 is 0. The van der Waals surface area contributed by atoms with Crippen molar-refractivity contribution in [3.05, 3.63) is 0 Å². The van der Waals surface area contributed by atoms with Gasteiger partial charge in [-0.05, 0) is 12.8 Å². The van der Waals surface area contributed by atoms with E-state index in [1.54, 1.807) is 0 Å². The Labute approximate surface area is 79.3 Å². The standard InChI is InChI=1S/C8H11F2NO3/c9-8(10)3-1-2-5(4-8)11-6(12)7(13)14/h5H,1-4H2,(H,11,12)(H,13,14). The number of halogens is 2. The first-order valence-electron chi connectivity index (χ1n) is 4.32. The number of aliphatic carboxylic acids is 1. The first kappa shape index (κ1) is 10.9. The van der Waals surface area contributed by atoms with Gasteiger partial charge in [0.1, 0.15) is 0 Å². The van der Waals surface area contributed by atoms with Crippen LogP contribution in [0.1, 0.15) is 25.7 Å². The summed E-state index contributed by atoms with van der Waals surface area (Å²) in [5.41, 5.74) is 0. The molecule has 4 nitrogen and oxygen atoms in total. The van der Waals surface area contributed by atoms with Gasteiger partial charge >= 0.3 is 11.9 Å². The maximum atomic E-state index is 12.8. The van der Waals surface area contributed by atoms with E-state index in [1.165, 1.54) is 0 Å². The minimum Gasteiger partial charge on any atom is -0.474 e. The molecule has 0 spiro atoms. The Kier molecular flexibility index (Phi) is 3.03. The zero-order valence-corrected chi connectivity index (χ0v) is 7.43. The van der Waals surface area contributed by atoms with E-state index < -0.39 is 30.3 Å². The minimum absolute atomic E-state index is 0.188. The molecule has 0 bridgehead atoms. The first-order valence-corrected chi connectivity index (χ1v) is 4.32. The van der Waals surface area contributed by atoms with Crippen molar-refractivity contribution >= 4 is 11.9 Å². The van der Waals surface area contributed by atoms with Gasteiger partial charge in [0.05, 0.1) is 0 Å². The molecule has 0 aromatic carbocycles. The van der Waals surface area contributed by atoms with E-state index in [4.69, 9.17) is 5.11 Å². The molecule has 1 unspecified atom stereocenters. The van der Waals surface area contributed by atoms with Crippen LogP contribution in [0.5, 0.6) is 0 Å². The van der Waals surface area contributed by atoms with Crippen molar-refractivity contribution in [1.82, 2.24) is 5.32 Å². The maximum Gasteiger partial charge on any atom is 0.394 e. The maximum absolute atomic E-state index is 12.8. The van der Waals surface area contributed by atoms with Crippen LogP contribution in [0, 0.1) is 0 Å². The molecule has 0 aromatic rings. The number of carboxylic acid groups (broad SMARTS) is 1.